The van der Waals surface area contributed by atoms with E-state index in [0.29, 0.717) is 22.4 Å². The molecule has 2 heterocycles. The lowest BCUT2D eigenvalue weighted by Crippen LogP contribution is -2.30. The van der Waals surface area contributed by atoms with Crippen LogP contribution in [0.5, 0.6) is 11.5 Å². The second-order valence-corrected chi connectivity index (χ2v) is 8.05. The second-order valence-electron chi connectivity index (χ2n) is 6.97. The molecule has 30 heavy (non-hydrogen) atoms. The van der Waals surface area contributed by atoms with Crippen LogP contribution in [0.15, 0.2) is 34.4 Å². The standard InChI is InChI=1S/C21H22N4O4S/c1-28-14-7-8-16(29-2)13(9-14)10-23-24-18(26)11-25-12-22-20-19(21(25)27)15-5-3-4-6-17(15)30-20/h7-10,12H,3-6,11H2,1-2H3,(H,24,26)/b23-10+. The highest BCUT2D eigenvalue weighted by Crippen LogP contribution is 2.33. The summed E-state index contributed by atoms with van der Waals surface area (Å²) in [5.74, 6) is 0.830. The first-order valence-corrected chi connectivity index (χ1v) is 10.5. The molecule has 0 bridgehead atoms. The van der Waals surface area contributed by atoms with Gasteiger partial charge in [-0.3, -0.25) is 14.2 Å². The molecule has 3 aromatic rings. The molecule has 156 valence electrons. The third-order valence-corrected chi connectivity index (χ3v) is 6.29. The zero-order valence-electron chi connectivity index (χ0n) is 16.8. The third-order valence-electron chi connectivity index (χ3n) is 5.09. The quantitative estimate of drug-likeness (QED) is 0.483. The molecule has 0 radical (unpaired) electrons. The van der Waals surface area contributed by atoms with E-state index in [1.807, 2.05) is 0 Å². The molecule has 1 aliphatic rings. The Balaban J connectivity index is 1.50. The van der Waals surface area contributed by atoms with Gasteiger partial charge in [0.2, 0.25) is 0 Å². The lowest BCUT2D eigenvalue weighted by Gasteiger charge is -2.10. The van der Waals surface area contributed by atoms with E-state index in [1.165, 1.54) is 22.0 Å². The number of ether oxygens (including phenoxy) is 2. The maximum absolute atomic E-state index is 12.9. The van der Waals surface area contributed by atoms with Crippen LogP contribution < -0.4 is 20.5 Å². The number of benzene rings is 1. The highest BCUT2D eigenvalue weighted by Gasteiger charge is 2.20. The highest BCUT2D eigenvalue weighted by molar-refractivity contribution is 7.18. The molecule has 0 saturated carbocycles. The van der Waals surface area contributed by atoms with E-state index < -0.39 is 5.91 Å². The summed E-state index contributed by atoms with van der Waals surface area (Å²) in [6, 6.07) is 5.27. The minimum Gasteiger partial charge on any atom is -0.497 e. The number of amides is 1. The van der Waals surface area contributed by atoms with E-state index in [-0.39, 0.29) is 12.1 Å². The van der Waals surface area contributed by atoms with Crippen molar-refractivity contribution in [1.82, 2.24) is 15.0 Å². The number of carbonyl (C=O) groups is 1. The summed E-state index contributed by atoms with van der Waals surface area (Å²) in [5, 5.41) is 4.64. The van der Waals surface area contributed by atoms with Gasteiger partial charge in [0.15, 0.2) is 0 Å². The molecule has 9 heteroatoms. The molecule has 2 aromatic heterocycles. The minimum absolute atomic E-state index is 0.154. The number of rotatable bonds is 6. The zero-order valence-corrected chi connectivity index (χ0v) is 17.6. The van der Waals surface area contributed by atoms with Gasteiger partial charge in [0, 0.05) is 10.4 Å². The van der Waals surface area contributed by atoms with Crippen molar-refractivity contribution in [2.24, 2.45) is 5.10 Å². The maximum Gasteiger partial charge on any atom is 0.262 e. The molecule has 0 unspecified atom stereocenters. The molecular formula is C21H22N4O4S. The Hall–Kier alpha value is -3.20. The average Bonchev–Trinajstić information content (AvgIpc) is 3.15. The van der Waals surface area contributed by atoms with Crippen molar-refractivity contribution in [3.8, 4) is 11.5 Å². The Kier molecular flexibility index (Phi) is 5.80. The summed E-state index contributed by atoms with van der Waals surface area (Å²) in [7, 11) is 3.12. The van der Waals surface area contributed by atoms with Gasteiger partial charge in [-0.05, 0) is 49.4 Å². The summed E-state index contributed by atoms with van der Waals surface area (Å²) in [4.78, 5) is 31.7. The lowest BCUT2D eigenvalue weighted by atomic mass is 9.97. The fourth-order valence-electron chi connectivity index (χ4n) is 3.60. The third kappa shape index (κ3) is 3.93. The van der Waals surface area contributed by atoms with Crippen LogP contribution in [0.2, 0.25) is 0 Å². The van der Waals surface area contributed by atoms with E-state index in [9.17, 15) is 9.59 Å². The first-order valence-electron chi connectivity index (χ1n) is 9.64. The van der Waals surface area contributed by atoms with Gasteiger partial charge in [-0.15, -0.1) is 11.3 Å². The lowest BCUT2D eigenvalue weighted by molar-refractivity contribution is -0.121. The van der Waals surface area contributed by atoms with Crippen molar-refractivity contribution in [3.05, 3.63) is 50.9 Å². The molecule has 0 atom stereocenters. The van der Waals surface area contributed by atoms with Gasteiger partial charge in [0.1, 0.15) is 22.9 Å². The molecule has 8 nitrogen and oxygen atoms in total. The first-order chi connectivity index (χ1) is 14.6. The molecule has 1 amide bonds. The van der Waals surface area contributed by atoms with Crippen molar-refractivity contribution in [2.45, 2.75) is 32.2 Å². The van der Waals surface area contributed by atoms with E-state index in [1.54, 1.807) is 43.8 Å². The molecule has 1 aromatic carbocycles. The molecule has 4 rings (SSSR count). The normalized spacial score (nSPS) is 13.4. The van der Waals surface area contributed by atoms with E-state index >= 15 is 0 Å². The number of aryl methyl sites for hydroxylation is 2. The summed E-state index contributed by atoms with van der Waals surface area (Å²) in [6.07, 6.45) is 7.02. The smallest absolute Gasteiger partial charge is 0.262 e. The molecule has 0 spiro atoms. The van der Waals surface area contributed by atoms with Crippen molar-refractivity contribution in [1.29, 1.82) is 0 Å². The zero-order chi connectivity index (χ0) is 21.1. The van der Waals surface area contributed by atoms with Crippen molar-refractivity contribution in [2.75, 3.05) is 14.2 Å². The number of hydrazone groups is 1. The van der Waals surface area contributed by atoms with E-state index in [2.05, 4.69) is 15.5 Å². The Morgan fingerprint density at radius 3 is 2.93 bits per heavy atom. The number of methoxy groups -OCH3 is 2. The molecule has 0 fully saturated rings. The summed E-state index contributed by atoms with van der Waals surface area (Å²) in [6.45, 7) is -0.154. The number of nitrogens with one attached hydrogen (secondary N) is 1. The summed E-state index contributed by atoms with van der Waals surface area (Å²) in [5.41, 5.74) is 4.04. The Morgan fingerprint density at radius 1 is 1.30 bits per heavy atom. The topological polar surface area (TPSA) is 94.8 Å². The van der Waals surface area contributed by atoms with Crippen molar-refractivity contribution < 1.29 is 14.3 Å². The fourth-order valence-corrected chi connectivity index (χ4v) is 4.82. The first kappa shape index (κ1) is 20.1. The Bertz CT molecular complexity index is 1180. The fraction of sp³-hybridized carbons (Fsp3) is 0.333. The van der Waals surface area contributed by atoms with Crippen molar-refractivity contribution >= 4 is 33.7 Å². The van der Waals surface area contributed by atoms with Crippen LogP contribution in [-0.2, 0) is 24.2 Å². The average molecular weight is 426 g/mol. The Morgan fingerprint density at radius 2 is 2.13 bits per heavy atom. The van der Waals surface area contributed by atoms with Crippen LogP contribution >= 0.6 is 11.3 Å². The molecule has 1 N–H and O–H groups in total. The van der Waals surface area contributed by atoms with E-state index in [0.717, 1.165) is 36.1 Å². The predicted octanol–water partition coefficient (Wildman–Crippen LogP) is 2.50. The second kappa shape index (κ2) is 8.66. The molecule has 0 aliphatic heterocycles. The predicted molar refractivity (Wildman–Crippen MR) is 116 cm³/mol. The Labute approximate surface area is 177 Å². The number of nitrogens with zero attached hydrogens (tertiary/aromatic N) is 3. The SMILES string of the molecule is COc1ccc(OC)c(/C=N/NC(=O)Cn2cnc3sc4c(c3c2=O)CCCC4)c1. The van der Waals surface area contributed by atoms with Gasteiger partial charge in [-0.2, -0.15) is 5.10 Å². The summed E-state index contributed by atoms with van der Waals surface area (Å²) < 4.78 is 11.8. The maximum atomic E-state index is 12.9. The van der Waals surface area contributed by atoms with Gasteiger partial charge in [0.05, 0.1) is 32.1 Å². The van der Waals surface area contributed by atoms with Crippen LogP contribution in [0.3, 0.4) is 0 Å². The molecule has 0 saturated heterocycles. The van der Waals surface area contributed by atoms with Crippen LogP contribution in [0.4, 0.5) is 0 Å². The largest absolute Gasteiger partial charge is 0.497 e. The van der Waals surface area contributed by atoms with Crippen LogP contribution in [0.25, 0.3) is 10.2 Å². The van der Waals surface area contributed by atoms with Gasteiger partial charge in [-0.25, -0.2) is 10.4 Å². The van der Waals surface area contributed by atoms with Crippen LogP contribution in [0, 0.1) is 0 Å². The number of hydrogen-bond acceptors (Lipinski definition) is 7. The number of aromatic nitrogens is 2. The van der Waals surface area contributed by atoms with Gasteiger partial charge >= 0.3 is 0 Å². The number of thiophene rings is 1. The highest BCUT2D eigenvalue weighted by atomic mass is 32.1. The molecular weight excluding hydrogens is 404 g/mol. The van der Waals surface area contributed by atoms with Crippen LogP contribution in [-0.4, -0.2) is 35.9 Å². The summed E-state index contributed by atoms with van der Waals surface area (Å²) >= 11 is 1.59. The number of carbonyl (C=O) groups excluding carboxylic acids is 1. The van der Waals surface area contributed by atoms with E-state index in [4.69, 9.17) is 9.47 Å². The van der Waals surface area contributed by atoms with Gasteiger partial charge in [-0.1, -0.05) is 0 Å². The number of hydrogen-bond donors (Lipinski definition) is 1. The molecule has 1 aliphatic carbocycles. The van der Waals surface area contributed by atoms with Gasteiger partial charge in [0.25, 0.3) is 11.5 Å². The van der Waals surface area contributed by atoms with Crippen molar-refractivity contribution in [3.63, 3.8) is 0 Å². The van der Waals surface area contributed by atoms with Crippen LogP contribution in [0.1, 0.15) is 28.8 Å². The monoisotopic (exact) mass is 426 g/mol. The minimum atomic E-state index is -0.416. The van der Waals surface area contributed by atoms with Gasteiger partial charge < -0.3 is 9.47 Å². The number of fused-ring (bicyclic) bond motifs is 3.